The first-order chi connectivity index (χ1) is 36.7. The molecule has 4 aliphatic rings. The number of aliphatic hydroxyl groups excluding tert-OH is 1. The molecule has 1 aromatic carbocycles. The zero-order chi connectivity index (χ0) is 58.1. The molecule has 0 radical (unpaired) electrons. The van der Waals surface area contributed by atoms with Crippen molar-refractivity contribution in [3.05, 3.63) is 29.8 Å². The summed E-state index contributed by atoms with van der Waals surface area (Å²) in [6.45, 7) is 21.8. The van der Waals surface area contributed by atoms with Crippen LogP contribution in [0.25, 0.3) is 0 Å². The number of likely N-dealkylation sites (tertiary alicyclic amines) is 2. The van der Waals surface area contributed by atoms with Gasteiger partial charge >= 0.3 is 11.9 Å². The van der Waals surface area contributed by atoms with Crippen LogP contribution in [0.1, 0.15) is 146 Å². The fourth-order valence-electron chi connectivity index (χ4n) is 11.6. The van der Waals surface area contributed by atoms with Crippen molar-refractivity contribution in [2.75, 3.05) is 33.8 Å². The lowest BCUT2D eigenvalue weighted by molar-refractivity contribution is -0.163. The number of fused-ring (bicyclic) bond motifs is 1. The van der Waals surface area contributed by atoms with Crippen LogP contribution in [-0.4, -0.2) is 172 Å². The van der Waals surface area contributed by atoms with E-state index in [9.17, 15) is 33.9 Å². The van der Waals surface area contributed by atoms with Gasteiger partial charge in [0.1, 0.15) is 41.6 Å². The van der Waals surface area contributed by atoms with E-state index in [-0.39, 0.29) is 55.4 Å². The van der Waals surface area contributed by atoms with Crippen LogP contribution >= 0.6 is 0 Å². The molecule has 0 aromatic heterocycles. The van der Waals surface area contributed by atoms with Gasteiger partial charge in [-0.15, -0.1) is 0 Å². The second-order valence-corrected chi connectivity index (χ2v) is 23.9. The van der Waals surface area contributed by atoms with Crippen LogP contribution in [0.4, 0.5) is 0 Å². The Morgan fingerprint density at radius 2 is 1.53 bits per heavy atom. The maximum atomic E-state index is 15.1. The minimum Gasteiger partial charge on any atom is -0.497 e. The number of carbonyl (C=O) groups is 9. The Kier molecular flexibility index (Phi) is 22.3. The molecule has 4 heterocycles. The average molecular weight is 1090 g/mol. The first-order valence-electron chi connectivity index (χ1n) is 28.5. The van der Waals surface area contributed by atoms with Crippen LogP contribution in [0.15, 0.2) is 24.3 Å². The molecular weight excluding hydrogens is 1000 g/mol. The Balaban J connectivity index is 1.62. The molecule has 20 nitrogen and oxygen atoms in total. The Labute approximate surface area is 462 Å². The number of ether oxygens (including phenoxy) is 3. The minimum absolute atomic E-state index is 0.0700. The Morgan fingerprint density at radius 3 is 2.12 bits per heavy atom. The third kappa shape index (κ3) is 14.8. The third-order valence-electron chi connectivity index (χ3n) is 16.4. The van der Waals surface area contributed by atoms with Gasteiger partial charge in [-0.1, -0.05) is 87.8 Å². The van der Waals surface area contributed by atoms with Crippen LogP contribution in [0.3, 0.4) is 0 Å². The molecule has 12 atom stereocenters. The lowest BCUT2D eigenvalue weighted by Crippen LogP contribution is -2.62. The van der Waals surface area contributed by atoms with E-state index in [4.69, 9.17) is 14.2 Å². The number of aliphatic hydroxyl groups is 1. The molecular formula is C58H91N7O13. The SMILES string of the molecule is CC[C@H](C)[C@H]1NC(=O)[C@@H](NC(=O)[C@@H](CC(C)C)N2CCC3(CCCN3C(=O)C(C)C)C2=O)[C@@H](C)OC(=O)[C@H](Cc2ccc(OC)cc2)N(C)[C@@H]2CCCN2C(=O)[C@H](CC(C)C)NC(=O)[C@@H](C)C(=O)[C@H](C(C)C)OC(=O)C[C@@H]1O. The molecule has 20 heteroatoms. The molecule has 0 saturated carbocycles. The first kappa shape index (κ1) is 63.2. The summed E-state index contributed by atoms with van der Waals surface area (Å²) in [7, 11) is 3.25. The largest absolute Gasteiger partial charge is 0.497 e. The lowest BCUT2D eigenvalue weighted by atomic mass is 9.91. The highest BCUT2D eigenvalue weighted by molar-refractivity contribution is 6.05. The highest BCUT2D eigenvalue weighted by Crippen LogP contribution is 2.41. The summed E-state index contributed by atoms with van der Waals surface area (Å²) in [4.78, 5) is 137. The molecule has 1 unspecified atom stereocenters. The van der Waals surface area contributed by atoms with E-state index in [1.165, 1.54) is 25.9 Å². The molecule has 4 fully saturated rings. The number of ketones is 1. The zero-order valence-electron chi connectivity index (χ0n) is 48.8. The van der Waals surface area contributed by atoms with E-state index in [1.807, 2.05) is 34.6 Å². The molecule has 1 aromatic rings. The fraction of sp³-hybridized carbons (Fsp3) is 0.741. The number of hydrogen-bond donors (Lipinski definition) is 4. The topological polar surface area (TPSA) is 251 Å². The molecule has 0 aliphatic carbocycles. The first-order valence-corrected chi connectivity index (χ1v) is 28.5. The summed E-state index contributed by atoms with van der Waals surface area (Å²) in [6.07, 6.45) is -2.48. The van der Waals surface area contributed by atoms with Gasteiger partial charge in [-0.25, -0.2) is 0 Å². The maximum absolute atomic E-state index is 15.1. The van der Waals surface area contributed by atoms with Crippen molar-refractivity contribution < 1.29 is 62.5 Å². The van der Waals surface area contributed by atoms with Crippen LogP contribution < -0.4 is 20.7 Å². The number of benzene rings is 1. The second-order valence-electron chi connectivity index (χ2n) is 23.9. The minimum atomic E-state index is -1.64. The summed E-state index contributed by atoms with van der Waals surface area (Å²) in [5.41, 5.74) is -0.396. The van der Waals surface area contributed by atoms with Crippen molar-refractivity contribution in [3.63, 3.8) is 0 Å². The number of amides is 6. The molecule has 0 bridgehead atoms. The molecule has 1 spiro atoms. The van der Waals surface area contributed by atoms with Gasteiger partial charge in [0.05, 0.1) is 37.8 Å². The Morgan fingerprint density at radius 1 is 0.859 bits per heavy atom. The van der Waals surface area contributed by atoms with Crippen molar-refractivity contribution in [3.8, 4) is 5.75 Å². The molecule has 78 heavy (non-hydrogen) atoms. The number of hydrogen-bond acceptors (Lipinski definition) is 14. The molecule has 4 saturated heterocycles. The number of cyclic esters (lactones) is 2. The van der Waals surface area contributed by atoms with Crippen LogP contribution in [-0.2, 0) is 59.0 Å². The van der Waals surface area contributed by atoms with Gasteiger partial charge in [0.25, 0.3) is 0 Å². The lowest BCUT2D eigenvalue weighted by Gasteiger charge is -2.39. The number of carbonyl (C=O) groups excluding carboxylic acids is 9. The number of esters is 2. The number of Topliss-reactive ketones (excluding diaryl/α,β-unsaturated/α-hetero) is 1. The number of methoxy groups -OCH3 is 1. The predicted octanol–water partition coefficient (Wildman–Crippen LogP) is 4.17. The highest BCUT2D eigenvalue weighted by Gasteiger charge is 2.57. The predicted molar refractivity (Wildman–Crippen MR) is 291 cm³/mol. The summed E-state index contributed by atoms with van der Waals surface area (Å²) >= 11 is 0. The van der Waals surface area contributed by atoms with Crippen molar-refractivity contribution in [2.45, 2.75) is 208 Å². The highest BCUT2D eigenvalue weighted by atomic mass is 16.6. The molecule has 5 rings (SSSR count). The Hall–Kier alpha value is -5.63. The van der Waals surface area contributed by atoms with Gasteiger partial charge in [-0.2, -0.15) is 0 Å². The number of nitrogens with one attached hydrogen (secondary N) is 3. The third-order valence-corrected chi connectivity index (χ3v) is 16.4. The van der Waals surface area contributed by atoms with Gasteiger partial charge in [0, 0.05) is 25.6 Å². The smallest absolute Gasteiger partial charge is 0.324 e. The van der Waals surface area contributed by atoms with Gasteiger partial charge < -0.3 is 50.0 Å². The number of nitrogens with zero attached hydrogens (tertiary/aromatic N) is 4. The van der Waals surface area contributed by atoms with E-state index in [1.54, 1.807) is 80.6 Å². The summed E-state index contributed by atoms with van der Waals surface area (Å²) < 4.78 is 17.5. The van der Waals surface area contributed by atoms with Gasteiger partial charge in [-0.05, 0) is 114 Å². The van der Waals surface area contributed by atoms with Crippen molar-refractivity contribution in [1.82, 2.24) is 35.6 Å². The van der Waals surface area contributed by atoms with Gasteiger partial charge in [0.2, 0.25) is 35.4 Å². The van der Waals surface area contributed by atoms with E-state index >= 15 is 14.4 Å². The molecule has 6 amide bonds. The summed E-state index contributed by atoms with van der Waals surface area (Å²) in [5.74, 6) is -8.06. The van der Waals surface area contributed by atoms with E-state index in [0.29, 0.717) is 62.9 Å². The zero-order valence-corrected chi connectivity index (χ0v) is 48.8. The number of likely N-dealkylation sites (N-methyl/N-ethyl adjacent to an activating group) is 1. The number of rotatable bonds is 14. The van der Waals surface area contributed by atoms with Gasteiger partial charge in [-0.3, -0.25) is 48.1 Å². The molecule has 4 N–H and O–H groups in total. The van der Waals surface area contributed by atoms with Crippen molar-refractivity contribution >= 4 is 53.2 Å². The van der Waals surface area contributed by atoms with Crippen LogP contribution in [0.5, 0.6) is 5.75 Å². The van der Waals surface area contributed by atoms with Crippen molar-refractivity contribution in [1.29, 1.82) is 0 Å². The monoisotopic (exact) mass is 1090 g/mol. The average Bonchev–Trinajstić information content (AvgIpc) is 4.15. The fourth-order valence-corrected chi connectivity index (χ4v) is 11.6. The standard InChI is InChI=1S/C58H91N7O13/c1-15-36(10)47-44(66)31-46(67)78-50(34(6)7)49(68)37(11)51(69)59-41(28-32(2)3)55(73)64-25-16-18-45(64)62(13)43(30-39-19-21-40(76-14)22-20-39)56(74)77-38(12)48(53(71)60-47)61-52(70)42(29-33(4)5)63-27-24-58(57(63)75)23-17-26-65(58)54(72)35(8)9/h19-22,32-38,41-45,47-48,50,66H,15-18,23-31H2,1-14H3,(H,59,69)(H,60,71)(H,61,70)/t36-,37-,38+,41-,42+,43-,44-,45-,47+,48-,50-,58?/m0/s1. The summed E-state index contributed by atoms with van der Waals surface area (Å²) in [5, 5.41) is 20.5. The molecule has 436 valence electrons. The van der Waals surface area contributed by atoms with Gasteiger partial charge in [0.15, 0.2) is 11.9 Å². The van der Waals surface area contributed by atoms with E-state index in [0.717, 1.165) is 0 Å². The maximum Gasteiger partial charge on any atom is 0.324 e. The van der Waals surface area contributed by atoms with Crippen LogP contribution in [0, 0.1) is 35.5 Å². The second kappa shape index (κ2) is 27.5. The quantitative estimate of drug-likeness (QED) is 0.151. The normalized spacial score (nSPS) is 29.6. The van der Waals surface area contributed by atoms with Crippen LogP contribution in [0.2, 0.25) is 0 Å². The summed E-state index contributed by atoms with van der Waals surface area (Å²) in [6, 6.07) is 1.05. The molecule has 4 aliphatic heterocycles. The van der Waals surface area contributed by atoms with E-state index < -0.39 is 126 Å². The Bertz CT molecular complexity index is 2310. The van der Waals surface area contributed by atoms with E-state index in [2.05, 4.69) is 16.0 Å². The van der Waals surface area contributed by atoms with Crippen molar-refractivity contribution in [2.24, 2.45) is 35.5 Å².